The van der Waals surface area contributed by atoms with Gasteiger partial charge in [0.1, 0.15) is 5.78 Å². The Bertz CT molecular complexity index is 973. The fraction of sp³-hybridized carbons (Fsp3) is 0.679. The zero-order chi connectivity index (χ0) is 23.4. The van der Waals surface area contributed by atoms with Crippen LogP contribution in [0, 0.1) is 23.2 Å². The fourth-order valence-corrected chi connectivity index (χ4v) is 7.69. The van der Waals surface area contributed by atoms with E-state index in [-0.39, 0.29) is 11.0 Å². The van der Waals surface area contributed by atoms with Crippen LogP contribution < -0.4 is 0 Å². The molecule has 178 valence electrons. The zero-order valence-electron chi connectivity index (χ0n) is 20.2. The molecule has 6 rings (SSSR count). The first-order valence-electron chi connectivity index (χ1n) is 12.8. The van der Waals surface area contributed by atoms with Crippen LogP contribution in [0.5, 0.6) is 0 Å². The van der Waals surface area contributed by atoms with Crippen molar-refractivity contribution in [1.82, 2.24) is 0 Å². The number of unbranched alkanes of at least 4 members (excludes halogenated alkanes) is 1. The summed E-state index contributed by atoms with van der Waals surface area (Å²) in [5.41, 5.74) is 2.73. The predicted molar refractivity (Wildman–Crippen MR) is 131 cm³/mol. The molecular formula is C28H36ClNO3. The van der Waals surface area contributed by atoms with Gasteiger partial charge in [-0.2, -0.15) is 0 Å². The van der Waals surface area contributed by atoms with E-state index in [1.54, 1.807) is 0 Å². The number of Topliss-reactive ketones (excluding diaryl/α,β-unsaturated/α-hetero) is 1. The number of rotatable bonds is 7. The number of nitrogens with zero attached hydrogens (tertiary/aromatic N) is 1. The lowest BCUT2D eigenvalue weighted by atomic mass is 9.48. The number of benzene rings is 1. The minimum atomic E-state index is -0.396. The minimum Gasteiger partial charge on any atom is -0.462 e. The van der Waals surface area contributed by atoms with Gasteiger partial charge < -0.3 is 4.74 Å². The average Bonchev–Trinajstić information content (AvgIpc) is 2.71. The Labute approximate surface area is 202 Å². The van der Waals surface area contributed by atoms with Crippen LogP contribution in [0.4, 0.5) is 0 Å². The van der Waals surface area contributed by atoms with Crippen LogP contribution >= 0.6 is 11.6 Å². The van der Waals surface area contributed by atoms with E-state index in [0.29, 0.717) is 29.4 Å². The number of hydrogen-bond donors (Lipinski definition) is 0. The van der Waals surface area contributed by atoms with Gasteiger partial charge in [-0.3, -0.25) is 9.79 Å². The lowest BCUT2D eigenvalue weighted by Gasteiger charge is -2.56. The summed E-state index contributed by atoms with van der Waals surface area (Å²) in [5.74, 6) is 2.18. The van der Waals surface area contributed by atoms with Gasteiger partial charge in [0.05, 0.1) is 28.4 Å². The van der Waals surface area contributed by atoms with E-state index in [2.05, 4.69) is 20.8 Å². The lowest BCUT2D eigenvalue weighted by Crippen LogP contribution is -2.50. The summed E-state index contributed by atoms with van der Waals surface area (Å²) in [6, 6.07) is 3.71. The molecular weight excluding hydrogens is 434 g/mol. The fourth-order valence-electron chi connectivity index (χ4n) is 7.43. The Balaban J connectivity index is 1.43. The normalized spacial score (nSPS) is 31.2. The van der Waals surface area contributed by atoms with E-state index >= 15 is 0 Å². The molecule has 4 bridgehead atoms. The summed E-state index contributed by atoms with van der Waals surface area (Å²) in [5, 5.41) is 0.416. The van der Waals surface area contributed by atoms with E-state index in [0.717, 1.165) is 73.1 Å². The topological polar surface area (TPSA) is 55.7 Å². The molecule has 1 heterocycles. The third kappa shape index (κ3) is 4.40. The SMILES string of the molecule is CCCCOC(=O)c1cc2c(cc1Cl)CC(C)(C)N=C2CC(=O)C12CC3CC(CC(C3)C1)C2. The standard InChI is InChI=1S/C28H36ClNO3/c1-4-5-6-33-26(32)22-11-21-20(10-23(22)29)16-27(2,3)30-24(21)12-25(31)28-13-17-7-18(14-28)9-19(8-17)15-28/h10-11,17-19H,4-9,12-16H2,1-3H3. The first-order valence-corrected chi connectivity index (χ1v) is 13.2. The Morgan fingerprint density at radius 3 is 2.33 bits per heavy atom. The molecule has 0 amide bonds. The molecule has 0 N–H and O–H groups in total. The van der Waals surface area contributed by atoms with Crippen molar-refractivity contribution < 1.29 is 14.3 Å². The van der Waals surface area contributed by atoms with Crippen LogP contribution in [0.25, 0.3) is 0 Å². The van der Waals surface area contributed by atoms with Crippen LogP contribution in [0.2, 0.25) is 5.02 Å². The van der Waals surface area contributed by atoms with Gasteiger partial charge in [-0.25, -0.2) is 4.79 Å². The molecule has 4 saturated carbocycles. The third-order valence-electron chi connectivity index (χ3n) is 8.47. The van der Waals surface area contributed by atoms with Gasteiger partial charge >= 0.3 is 5.97 Å². The molecule has 33 heavy (non-hydrogen) atoms. The highest BCUT2D eigenvalue weighted by molar-refractivity contribution is 6.34. The summed E-state index contributed by atoms with van der Waals surface area (Å²) in [6.45, 7) is 6.66. The summed E-state index contributed by atoms with van der Waals surface area (Å²) in [7, 11) is 0. The first kappa shape index (κ1) is 23.1. The third-order valence-corrected chi connectivity index (χ3v) is 8.79. The van der Waals surface area contributed by atoms with Crippen molar-refractivity contribution in [3.05, 3.63) is 33.8 Å². The van der Waals surface area contributed by atoms with Crippen molar-refractivity contribution in [3.8, 4) is 0 Å². The minimum absolute atomic E-state index is 0.145. The molecule has 4 aliphatic carbocycles. The Hall–Kier alpha value is -1.68. The number of carbonyl (C=O) groups is 2. The van der Waals surface area contributed by atoms with Gasteiger partial charge in [-0.15, -0.1) is 0 Å². The van der Waals surface area contributed by atoms with Crippen LogP contribution in [0.1, 0.15) is 100 Å². The van der Waals surface area contributed by atoms with E-state index in [1.807, 2.05) is 12.1 Å². The van der Waals surface area contributed by atoms with E-state index in [9.17, 15) is 9.59 Å². The molecule has 1 aromatic carbocycles. The van der Waals surface area contributed by atoms with Gasteiger partial charge in [0.15, 0.2) is 0 Å². The summed E-state index contributed by atoms with van der Waals surface area (Å²) in [6.07, 6.45) is 10.1. The maximum Gasteiger partial charge on any atom is 0.339 e. The number of halogens is 1. The first-order chi connectivity index (χ1) is 15.7. The van der Waals surface area contributed by atoms with Crippen LogP contribution in [-0.2, 0) is 16.0 Å². The van der Waals surface area contributed by atoms with E-state index in [4.69, 9.17) is 21.3 Å². The van der Waals surface area contributed by atoms with Crippen molar-refractivity contribution in [1.29, 1.82) is 0 Å². The molecule has 4 nitrogen and oxygen atoms in total. The van der Waals surface area contributed by atoms with Crippen molar-refractivity contribution >= 4 is 29.1 Å². The Kier molecular flexibility index (Phi) is 5.96. The lowest BCUT2D eigenvalue weighted by molar-refractivity contribution is -0.142. The highest BCUT2D eigenvalue weighted by atomic mass is 35.5. The van der Waals surface area contributed by atoms with Crippen molar-refractivity contribution in [2.75, 3.05) is 6.61 Å². The van der Waals surface area contributed by atoms with Crippen LogP contribution in [0.3, 0.4) is 0 Å². The second-order valence-corrected chi connectivity index (χ2v) is 12.2. The van der Waals surface area contributed by atoms with Crippen molar-refractivity contribution in [2.24, 2.45) is 28.2 Å². The molecule has 1 aromatic rings. The second-order valence-electron chi connectivity index (χ2n) is 11.8. The summed E-state index contributed by atoms with van der Waals surface area (Å²) in [4.78, 5) is 31.6. The Morgan fingerprint density at radius 2 is 1.73 bits per heavy atom. The van der Waals surface area contributed by atoms with Gasteiger partial charge in [0.2, 0.25) is 0 Å². The summed E-state index contributed by atoms with van der Waals surface area (Å²) < 4.78 is 5.43. The maximum atomic E-state index is 13.8. The molecule has 5 aliphatic rings. The molecule has 0 aromatic heterocycles. The Morgan fingerprint density at radius 1 is 1.09 bits per heavy atom. The molecule has 0 atom stereocenters. The second kappa shape index (κ2) is 8.52. The van der Waals surface area contributed by atoms with Crippen molar-refractivity contribution in [3.63, 3.8) is 0 Å². The number of aliphatic imine (C=N–C) groups is 1. The number of hydrogen-bond acceptors (Lipinski definition) is 4. The number of ketones is 1. The molecule has 4 fully saturated rings. The quantitative estimate of drug-likeness (QED) is 0.334. The zero-order valence-corrected chi connectivity index (χ0v) is 21.0. The largest absolute Gasteiger partial charge is 0.462 e. The van der Waals surface area contributed by atoms with Gasteiger partial charge in [0, 0.05) is 17.4 Å². The molecule has 0 unspecified atom stereocenters. The molecule has 0 spiro atoms. The van der Waals surface area contributed by atoms with Crippen LogP contribution in [0.15, 0.2) is 17.1 Å². The molecule has 0 radical (unpaired) electrons. The molecule has 1 aliphatic heterocycles. The molecule has 0 saturated heterocycles. The van der Waals surface area contributed by atoms with Crippen molar-refractivity contribution in [2.45, 2.75) is 90.5 Å². The van der Waals surface area contributed by atoms with E-state index < -0.39 is 5.97 Å². The number of esters is 1. The number of fused-ring (bicyclic) bond motifs is 1. The van der Waals surface area contributed by atoms with Gasteiger partial charge in [-0.1, -0.05) is 24.9 Å². The van der Waals surface area contributed by atoms with Crippen LogP contribution in [-0.4, -0.2) is 29.6 Å². The number of ether oxygens (including phenoxy) is 1. The highest BCUT2D eigenvalue weighted by Gasteiger charge is 2.54. The molecule has 5 heteroatoms. The highest BCUT2D eigenvalue weighted by Crippen LogP contribution is 2.60. The van der Waals surface area contributed by atoms with Gasteiger partial charge in [-0.05, 0) is 101 Å². The van der Waals surface area contributed by atoms with Gasteiger partial charge in [0.25, 0.3) is 0 Å². The predicted octanol–water partition coefficient (Wildman–Crippen LogP) is 6.60. The summed E-state index contributed by atoms with van der Waals surface area (Å²) >= 11 is 6.52. The smallest absolute Gasteiger partial charge is 0.339 e. The maximum absolute atomic E-state index is 13.8. The van der Waals surface area contributed by atoms with E-state index in [1.165, 1.54) is 19.3 Å². The monoisotopic (exact) mass is 469 g/mol. The number of carbonyl (C=O) groups excluding carboxylic acids is 2. The average molecular weight is 470 g/mol.